The zero-order chi connectivity index (χ0) is 23.8. The molecule has 3 aliphatic carbocycles. The summed E-state index contributed by atoms with van der Waals surface area (Å²) in [7, 11) is 2.09. The lowest BCUT2D eigenvalue weighted by Gasteiger charge is -2.55. The Kier molecular flexibility index (Phi) is 4.93. The first-order valence-electron chi connectivity index (χ1n) is 13.8. The van der Waals surface area contributed by atoms with Gasteiger partial charge in [-0.05, 0) is 103 Å². The molecule has 2 spiro atoms. The van der Waals surface area contributed by atoms with Gasteiger partial charge >= 0.3 is 0 Å². The Morgan fingerprint density at radius 2 is 1.91 bits per heavy atom. The molecule has 0 radical (unpaired) electrons. The monoisotopic (exact) mass is 471 g/mol. The summed E-state index contributed by atoms with van der Waals surface area (Å²) >= 11 is 0. The first-order valence-corrected chi connectivity index (χ1v) is 13.8. The number of nitrogens with zero attached hydrogens (tertiary/aromatic N) is 1. The second-order valence-corrected chi connectivity index (χ2v) is 12.4. The molecule has 2 aliphatic heterocycles. The summed E-state index contributed by atoms with van der Waals surface area (Å²) in [4.78, 5) is 2.24. The third-order valence-electron chi connectivity index (χ3n) is 10.9. The Morgan fingerprint density at radius 3 is 2.77 bits per heavy atom. The van der Waals surface area contributed by atoms with Crippen LogP contribution < -0.4 is 0 Å². The molecule has 0 amide bonds. The van der Waals surface area contributed by atoms with Crippen LogP contribution in [0.5, 0.6) is 0 Å². The van der Waals surface area contributed by atoms with Crippen LogP contribution in [0.2, 0.25) is 0 Å². The van der Waals surface area contributed by atoms with Crippen LogP contribution in [-0.4, -0.2) is 42.4 Å². The Labute approximate surface area is 209 Å². The van der Waals surface area contributed by atoms with E-state index in [0.29, 0.717) is 24.4 Å². The van der Waals surface area contributed by atoms with Crippen molar-refractivity contribution < 1.29 is 9.13 Å². The van der Waals surface area contributed by atoms with Gasteiger partial charge in [0.15, 0.2) is 0 Å². The summed E-state index contributed by atoms with van der Waals surface area (Å²) in [6.07, 6.45) is 14.3. The average molecular weight is 472 g/mol. The summed E-state index contributed by atoms with van der Waals surface area (Å²) in [5.41, 5.74) is 4.49. The molecule has 5 aliphatic rings. The van der Waals surface area contributed by atoms with Gasteiger partial charge in [-0.3, -0.25) is 0 Å². The lowest BCUT2D eigenvalue weighted by Crippen LogP contribution is -2.55. The van der Waals surface area contributed by atoms with E-state index in [-0.39, 0.29) is 23.3 Å². The zero-order valence-corrected chi connectivity index (χ0v) is 21.2. The molecule has 2 heterocycles. The van der Waals surface area contributed by atoms with Gasteiger partial charge in [-0.1, -0.05) is 61.5 Å². The largest absolute Gasteiger partial charge is 0.359 e. The molecule has 2 aromatic carbocycles. The van der Waals surface area contributed by atoms with E-state index in [1.165, 1.54) is 40.3 Å². The topological polar surface area (TPSA) is 12.5 Å². The molecule has 0 N–H and O–H groups in total. The fraction of sp³-hybridized carbons (Fsp3) is 0.562. The molecule has 7 rings (SSSR count). The lowest BCUT2D eigenvalue weighted by molar-refractivity contribution is -0.140. The van der Waals surface area contributed by atoms with Crippen molar-refractivity contribution in [2.24, 2.45) is 11.3 Å². The highest BCUT2D eigenvalue weighted by Gasteiger charge is 2.66. The molecule has 2 nitrogen and oxygen atoms in total. The fourth-order valence-corrected chi connectivity index (χ4v) is 9.05. The molecule has 0 aromatic heterocycles. The maximum absolute atomic E-state index is 13.1. The fourth-order valence-electron chi connectivity index (χ4n) is 9.05. The molecule has 2 aromatic rings. The minimum absolute atomic E-state index is 0.121. The molecular formula is C32H38FNO. The lowest BCUT2D eigenvalue weighted by atomic mass is 9.58. The Balaban J connectivity index is 1.24. The molecule has 35 heavy (non-hydrogen) atoms. The predicted octanol–water partition coefficient (Wildman–Crippen LogP) is 7.35. The highest BCUT2D eigenvalue weighted by Crippen LogP contribution is 2.69. The van der Waals surface area contributed by atoms with Gasteiger partial charge < -0.3 is 9.64 Å². The van der Waals surface area contributed by atoms with E-state index in [4.69, 9.17) is 4.74 Å². The number of rotatable bonds is 4. The van der Waals surface area contributed by atoms with Crippen molar-refractivity contribution in [3.05, 3.63) is 71.3 Å². The number of benzene rings is 2. The molecule has 6 atom stereocenters. The van der Waals surface area contributed by atoms with Crippen molar-refractivity contribution in [3.63, 3.8) is 0 Å². The third-order valence-corrected chi connectivity index (χ3v) is 10.9. The average Bonchev–Trinajstić information content (AvgIpc) is 3.38. The number of allylic oxidation sites excluding steroid dienone is 1. The second-order valence-electron chi connectivity index (χ2n) is 12.4. The van der Waals surface area contributed by atoms with Gasteiger partial charge in [-0.15, -0.1) is 0 Å². The standard InChI is InChI=1S/C32H38FNO/c1-30-14-13-26-20-25-9-10-27(34(2)18-17-33)21-31(25)15-16-32(26,35-31)29(30)12-11-28(30)24-8-7-22-5-3-4-6-23(22)19-24/h3-8,13,19-20,27-29H,9-12,14-18,21H2,1-2H3/t27-,28+,29+,30+,31+,32+/m0/s1. The molecule has 184 valence electrons. The van der Waals surface area contributed by atoms with Crippen molar-refractivity contribution in [2.45, 2.75) is 81.5 Å². The van der Waals surface area contributed by atoms with Crippen LogP contribution in [0.3, 0.4) is 0 Å². The van der Waals surface area contributed by atoms with Gasteiger partial charge in [0.25, 0.3) is 0 Å². The maximum Gasteiger partial charge on any atom is 0.102 e. The van der Waals surface area contributed by atoms with E-state index < -0.39 is 0 Å². The third kappa shape index (κ3) is 3.07. The zero-order valence-electron chi connectivity index (χ0n) is 21.2. The molecule has 3 fully saturated rings. The summed E-state index contributed by atoms with van der Waals surface area (Å²) in [6, 6.07) is 16.3. The van der Waals surface area contributed by atoms with E-state index in [2.05, 4.69) is 73.5 Å². The first kappa shape index (κ1) is 22.2. The predicted molar refractivity (Wildman–Crippen MR) is 140 cm³/mol. The number of halogens is 1. The summed E-state index contributed by atoms with van der Waals surface area (Å²) in [5.74, 6) is 1.14. The van der Waals surface area contributed by atoms with E-state index in [1.54, 1.807) is 0 Å². The first-order chi connectivity index (χ1) is 17.0. The minimum Gasteiger partial charge on any atom is -0.359 e. The van der Waals surface area contributed by atoms with Gasteiger partial charge in [-0.25, -0.2) is 4.39 Å². The van der Waals surface area contributed by atoms with Crippen LogP contribution >= 0.6 is 0 Å². The Morgan fingerprint density at radius 1 is 1.06 bits per heavy atom. The normalized spacial score (nSPS) is 39.7. The van der Waals surface area contributed by atoms with Crippen LogP contribution in [0.15, 0.2) is 65.8 Å². The van der Waals surface area contributed by atoms with E-state index in [1.807, 2.05) is 0 Å². The highest BCUT2D eigenvalue weighted by atomic mass is 19.1. The quantitative estimate of drug-likeness (QED) is 0.462. The summed E-state index contributed by atoms with van der Waals surface area (Å²) < 4.78 is 20.5. The van der Waals surface area contributed by atoms with Crippen molar-refractivity contribution in [1.29, 1.82) is 0 Å². The summed E-state index contributed by atoms with van der Waals surface area (Å²) in [6.45, 7) is 2.82. The number of hydrogen-bond donors (Lipinski definition) is 0. The number of hydrogen-bond acceptors (Lipinski definition) is 2. The highest BCUT2D eigenvalue weighted by molar-refractivity contribution is 5.83. The summed E-state index contributed by atoms with van der Waals surface area (Å²) in [5, 5.41) is 2.69. The van der Waals surface area contributed by atoms with Crippen LogP contribution in [0.4, 0.5) is 4.39 Å². The van der Waals surface area contributed by atoms with Crippen molar-refractivity contribution in [3.8, 4) is 0 Å². The minimum atomic E-state index is -0.267. The van der Waals surface area contributed by atoms with Crippen molar-refractivity contribution in [1.82, 2.24) is 4.90 Å². The second kappa shape index (κ2) is 7.76. The number of alkyl halides is 1. The molecule has 3 heteroatoms. The Bertz CT molecular complexity index is 1230. The van der Waals surface area contributed by atoms with Gasteiger partial charge in [0.2, 0.25) is 0 Å². The van der Waals surface area contributed by atoms with Gasteiger partial charge in [0.05, 0.1) is 11.2 Å². The molecule has 2 saturated carbocycles. The van der Waals surface area contributed by atoms with Gasteiger partial charge in [0, 0.05) is 12.6 Å². The molecule has 2 bridgehead atoms. The maximum atomic E-state index is 13.1. The van der Waals surface area contributed by atoms with E-state index in [0.717, 1.165) is 38.5 Å². The molecule has 1 saturated heterocycles. The number of ether oxygens (including phenoxy) is 1. The number of fused-ring (bicyclic) bond motifs is 2. The molecule has 0 unspecified atom stereocenters. The van der Waals surface area contributed by atoms with E-state index >= 15 is 0 Å². The van der Waals surface area contributed by atoms with Crippen LogP contribution in [0, 0.1) is 11.3 Å². The van der Waals surface area contributed by atoms with Crippen LogP contribution in [-0.2, 0) is 4.74 Å². The van der Waals surface area contributed by atoms with Crippen molar-refractivity contribution >= 4 is 10.8 Å². The molecular weight excluding hydrogens is 433 g/mol. The van der Waals surface area contributed by atoms with Crippen LogP contribution in [0.25, 0.3) is 10.8 Å². The van der Waals surface area contributed by atoms with Gasteiger partial charge in [0.1, 0.15) is 6.67 Å². The SMILES string of the molecule is CN(CCF)[C@H]1CCC2=CC3=CC[C@]4(C)[C@@H](c5ccc6ccccc6c5)CC[C@H]4[C@@]34CC[C@]2(C1)O4. The van der Waals surface area contributed by atoms with Crippen molar-refractivity contribution in [2.75, 3.05) is 20.3 Å². The van der Waals surface area contributed by atoms with Gasteiger partial charge in [-0.2, -0.15) is 0 Å². The van der Waals surface area contributed by atoms with E-state index in [9.17, 15) is 4.39 Å². The smallest absolute Gasteiger partial charge is 0.102 e. The van der Waals surface area contributed by atoms with Crippen LogP contribution in [0.1, 0.15) is 69.8 Å². The Hall–Kier alpha value is -1.97.